The zero-order valence-corrected chi connectivity index (χ0v) is 17.1. The van der Waals surface area contributed by atoms with Crippen molar-refractivity contribution < 1.29 is 4.74 Å². The molecule has 9 heteroatoms. The lowest BCUT2D eigenvalue weighted by Crippen LogP contribution is -2.21. The second-order valence-electron chi connectivity index (χ2n) is 7.61. The van der Waals surface area contributed by atoms with Crippen LogP contribution in [0.3, 0.4) is 0 Å². The maximum absolute atomic E-state index is 12.0. The van der Waals surface area contributed by atoms with Gasteiger partial charge in [-0.1, -0.05) is 6.07 Å². The molecule has 1 fully saturated rings. The molecule has 0 aliphatic heterocycles. The van der Waals surface area contributed by atoms with Crippen molar-refractivity contribution in [3.63, 3.8) is 0 Å². The van der Waals surface area contributed by atoms with Crippen LogP contribution in [-0.4, -0.2) is 43.3 Å². The predicted octanol–water partition coefficient (Wildman–Crippen LogP) is 2.73. The van der Waals surface area contributed by atoms with E-state index in [0.29, 0.717) is 18.0 Å². The predicted molar refractivity (Wildman–Crippen MR) is 118 cm³/mol. The van der Waals surface area contributed by atoms with E-state index < -0.39 is 0 Å². The number of nitrogens with zero attached hydrogens (tertiary/aromatic N) is 5. The van der Waals surface area contributed by atoms with Crippen molar-refractivity contribution in [2.45, 2.75) is 31.3 Å². The number of hydrogen-bond donors (Lipinski definition) is 2. The Morgan fingerprint density at radius 3 is 2.71 bits per heavy atom. The third-order valence-electron chi connectivity index (χ3n) is 5.51. The number of pyridine rings is 3. The van der Waals surface area contributed by atoms with Crippen molar-refractivity contribution in [3.8, 4) is 11.4 Å². The minimum Gasteiger partial charge on any atom is -0.497 e. The summed E-state index contributed by atoms with van der Waals surface area (Å²) >= 11 is 0. The van der Waals surface area contributed by atoms with E-state index in [4.69, 9.17) is 4.74 Å². The van der Waals surface area contributed by atoms with Gasteiger partial charge >= 0.3 is 0 Å². The largest absolute Gasteiger partial charge is 0.497 e. The van der Waals surface area contributed by atoms with E-state index in [9.17, 15) is 4.79 Å². The van der Waals surface area contributed by atoms with Gasteiger partial charge in [0.25, 0.3) is 5.56 Å². The topological polar surface area (TPSA) is 98.4 Å². The highest BCUT2D eigenvalue weighted by Gasteiger charge is 2.25. The third kappa shape index (κ3) is 4.07. The maximum atomic E-state index is 12.0. The van der Waals surface area contributed by atoms with Gasteiger partial charge in [-0.25, -0.2) is 9.50 Å². The molecule has 31 heavy (non-hydrogen) atoms. The summed E-state index contributed by atoms with van der Waals surface area (Å²) in [6, 6.07) is 13.2. The van der Waals surface area contributed by atoms with Gasteiger partial charge < -0.3 is 15.4 Å². The average Bonchev–Trinajstić information content (AvgIpc) is 3.40. The molecule has 9 nitrogen and oxygen atoms in total. The van der Waals surface area contributed by atoms with Crippen LogP contribution in [0.1, 0.15) is 19.3 Å². The molecular formula is C22H23N7O2. The summed E-state index contributed by atoms with van der Waals surface area (Å²) in [7, 11) is 1.64. The summed E-state index contributed by atoms with van der Waals surface area (Å²) in [6.45, 7) is 0. The minimum atomic E-state index is -0.0753. The molecule has 2 atom stereocenters. The smallest absolute Gasteiger partial charge is 0.255 e. The lowest BCUT2D eigenvalue weighted by Gasteiger charge is -2.15. The summed E-state index contributed by atoms with van der Waals surface area (Å²) in [4.78, 5) is 21.0. The quantitative estimate of drug-likeness (QED) is 0.498. The lowest BCUT2D eigenvalue weighted by atomic mass is 10.2. The molecule has 158 valence electrons. The first kappa shape index (κ1) is 19.1. The molecule has 0 spiro atoms. The Bertz CT molecular complexity index is 1250. The molecule has 1 aliphatic carbocycles. The molecule has 2 N–H and O–H groups in total. The Kier molecular flexibility index (Phi) is 4.99. The molecule has 0 radical (unpaired) electrons. The van der Waals surface area contributed by atoms with Gasteiger partial charge in [-0.3, -0.25) is 9.36 Å². The van der Waals surface area contributed by atoms with Gasteiger partial charge in [-0.15, -0.1) is 5.10 Å². The number of ether oxygens (including phenoxy) is 1. The van der Waals surface area contributed by atoms with Crippen LogP contribution in [0.15, 0.2) is 65.8 Å². The van der Waals surface area contributed by atoms with Crippen LogP contribution in [0.4, 0.5) is 11.8 Å². The van der Waals surface area contributed by atoms with Crippen LogP contribution in [0.5, 0.6) is 5.75 Å². The van der Waals surface area contributed by atoms with Crippen molar-refractivity contribution in [1.82, 2.24) is 24.1 Å². The molecule has 0 amide bonds. The first-order valence-corrected chi connectivity index (χ1v) is 10.3. The van der Waals surface area contributed by atoms with Crippen LogP contribution >= 0.6 is 0 Å². The number of methoxy groups -OCH3 is 1. The Morgan fingerprint density at radius 2 is 1.94 bits per heavy atom. The standard InChI is InChI=1S/C22H23N7O2/c1-31-18-9-11-29-20(13-18)26-22(27-29)25-16-6-5-15(12-16)24-19-8-7-17(14-23-19)28-10-3-2-4-21(28)30/h2-4,7-11,13-16H,5-6,12H2,1H3,(H,23,24)(H,25,27)/t15-,16-/m0/s1. The Hall–Kier alpha value is -3.88. The van der Waals surface area contributed by atoms with Gasteiger partial charge in [0.2, 0.25) is 5.95 Å². The summed E-state index contributed by atoms with van der Waals surface area (Å²) in [5, 5.41) is 11.4. The van der Waals surface area contributed by atoms with Crippen LogP contribution < -0.4 is 20.9 Å². The van der Waals surface area contributed by atoms with Gasteiger partial charge in [0.1, 0.15) is 11.6 Å². The number of rotatable bonds is 6. The van der Waals surface area contributed by atoms with Gasteiger partial charge in [0.15, 0.2) is 5.65 Å². The van der Waals surface area contributed by atoms with Gasteiger partial charge in [-0.05, 0) is 43.5 Å². The normalized spacial score (nSPS) is 18.2. The van der Waals surface area contributed by atoms with Crippen LogP contribution in [0.2, 0.25) is 0 Å². The van der Waals surface area contributed by atoms with Crippen molar-refractivity contribution in [2.75, 3.05) is 17.7 Å². The highest BCUT2D eigenvalue weighted by molar-refractivity contribution is 5.48. The number of hydrogen-bond acceptors (Lipinski definition) is 7. The van der Waals surface area contributed by atoms with Gasteiger partial charge in [-0.2, -0.15) is 4.98 Å². The second kappa shape index (κ2) is 8.10. The number of anilines is 2. The fraction of sp³-hybridized carbons (Fsp3) is 0.273. The zero-order chi connectivity index (χ0) is 21.2. The minimum absolute atomic E-state index is 0.0753. The van der Waals surface area contributed by atoms with Crippen LogP contribution in [-0.2, 0) is 0 Å². The van der Waals surface area contributed by atoms with E-state index >= 15 is 0 Å². The lowest BCUT2D eigenvalue weighted by molar-refractivity contribution is 0.414. The number of aromatic nitrogens is 5. The van der Waals surface area contributed by atoms with Crippen molar-refractivity contribution in [2.24, 2.45) is 0 Å². The second-order valence-corrected chi connectivity index (χ2v) is 7.61. The number of fused-ring (bicyclic) bond motifs is 1. The molecule has 4 aromatic heterocycles. The SMILES string of the molecule is COc1ccn2nc(N[C@H]3CC[C@H](Nc4ccc(-n5ccccc5=O)cn4)C3)nc2c1. The summed E-state index contributed by atoms with van der Waals surface area (Å²) < 4.78 is 8.55. The summed E-state index contributed by atoms with van der Waals surface area (Å²) in [5.74, 6) is 2.18. The Morgan fingerprint density at radius 1 is 1.06 bits per heavy atom. The summed E-state index contributed by atoms with van der Waals surface area (Å²) in [5.41, 5.74) is 1.42. The van der Waals surface area contributed by atoms with E-state index in [2.05, 4.69) is 25.7 Å². The molecule has 1 aliphatic rings. The average molecular weight is 417 g/mol. The van der Waals surface area contributed by atoms with Crippen LogP contribution in [0.25, 0.3) is 11.3 Å². The fourth-order valence-corrected chi connectivity index (χ4v) is 3.94. The molecular weight excluding hydrogens is 394 g/mol. The maximum Gasteiger partial charge on any atom is 0.255 e. The Labute approximate surface area is 178 Å². The van der Waals surface area contributed by atoms with E-state index in [1.807, 2.05) is 36.5 Å². The van der Waals surface area contributed by atoms with Crippen molar-refractivity contribution in [1.29, 1.82) is 0 Å². The summed E-state index contributed by atoms with van der Waals surface area (Å²) in [6.07, 6.45) is 8.28. The Balaban J connectivity index is 1.20. The monoisotopic (exact) mass is 417 g/mol. The molecule has 1 saturated carbocycles. The highest BCUT2D eigenvalue weighted by atomic mass is 16.5. The molecule has 5 rings (SSSR count). The molecule has 0 bridgehead atoms. The van der Waals surface area contributed by atoms with Crippen molar-refractivity contribution in [3.05, 3.63) is 71.4 Å². The fourth-order valence-electron chi connectivity index (χ4n) is 3.94. The zero-order valence-electron chi connectivity index (χ0n) is 17.1. The first-order valence-electron chi connectivity index (χ1n) is 10.3. The molecule has 0 unspecified atom stereocenters. The third-order valence-corrected chi connectivity index (χ3v) is 5.51. The van der Waals surface area contributed by atoms with E-state index in [1.54, 1.807) is 34.7 Å². The van der Waals surface area contributed by atoms with Gasteiger partial charge in [0, 0.05) is 36.6 Å². The highest BCUT2D eigenvalue weighted by Crippen LogP contribution is 2.25. The molecule has 4 heterocycles. The first-order chi connectivity index (χ1) is 15.2. The molecule has 4 aromatic rings. The number of nitrogens with one attached hydrogen (secondary N) is 2. The molecule has 0 aromatic carbocycles. The van der Waals surface area contributed by atoms with E-state index in [0.717, 1.165) is 42.2 Å². The van der Waals surface area contributed by atoms with E-state index in [-0.39, 0.29) is 5.56 Å². The van der Waals surface area contributed by atoms with Gasteiger partial charge in [0.05, 0.1) is 19.0 Å². The van der Waals surface area contributed by atoms with E-state index in [1.165, 1.54) is 6.07 Å². The molecule has 0 saturated heterocycles. The van der Waals surface area contributed by atoms with Crippen LogP contribution in [0, 0.1) is 0 Å². The van der Waals surface area contributed by atoms with Crippen molar-refractivity contribution >= 4 is 17.4 Å².